The molecule has 0 atom stereocenters. The number of rotatable bonds is 2. The Balaban J connectivity index is 2.24. The molecule has 0 unspecified atom stereocenters. The smallest absolute Gasteiger partial charge is 0.357 e. The largest absolute Gasteiger partial charge is 0.476 e. The molecule has 0 saturated carbocycles. The fourth-order valence-corrected chi connectivity index (χ4v) is 2.25. The topological polar surface area (TPSA) is 75.4 Å². The first kappa shape index (κ1) is 12.6. The van der Waals surface area contributed by atoms with Crippen LogP contribution in [-0.2, 0) is 7.05 Å². The number of aromatic nitrogens is 2. The number of likely N-dealkylation sites (tertiary alicyclic amines) is 1. The Bertz CT molecular complexity index is 459. The number of carboxylic acids is 1. The third-order valence-corrected chi connectivity index (χ3v) is 3.16. The third-order valence-electron chi connectivity index (χ3n) is 3.16. The van der Waals surface area contributed by atoms with Gasteiger partial charge in [0.25, 0.3) is 5.91 Å². The van der Waals surface area contributed by atoms with Crippen LogP contribution in [-0.4, -0.2) is 44.8 Å². The van der Waals surface area contributed by atoms with Crippen molar-refractivity contribution < 1.29 is 14.7 Å². The molecule has 18 heavy (non-hydrogen) atoms. The van der Waals surface area contributed by atoms with Gasteiger partial charge in [-0.05, 0) is 12.8 Å². The maximum atomic E-state index is 12.3. The Morgan fingerprint density at radius 1 is 1.22 bits per heavy atom. The number of nitrogens with zero attached hydrogens (tertiary/aromatic N) is 3. The minimum absolute atomic E-state index is 0.160. The van der Waals surface area contributed by atoms with Crippen LogP contribution in [0.2, 0.25) is 0 Å². The molecule has 0 bridgehead atoms. The van der Waals surface area contributed by atoms with Gasteiger partial charge in [-0.3, -0.25) is 9.48 Å². The van der Waals surface area contributed by atoms with Gasteiger partial charge in [0.2, 0.25) is 0 Å². The lowest BCUT2D eigenvalue weighted by Gasteiger charge is -2.19. The molecule has 2 rings (SSSR count). The monoisotopic (exact) mass is 251 g/mol. The van der Waals surface area contributed by atoms with Crippen LogP contribution in [0.4, 0.5) is 0 Å². The fraction of sp³-hybridized carbons (Fsp3) is 0.583. The van der Waals surface area contributed by atoms with E-state index in [1.54, 1.807) is 11.9 Å². The first-order chi connectivity index (χ1) is 8.59. The van der Waals surface area contributed by atoms with E-state index >= 15 is 0 Å². The lowest BCUT2D eigenvalue weighted by molar-refractivity contribution is 0.0670. The zero-order valence-corrected chi connectivity index (χ0v) is 10.4. The van der Waals surface area contributed by atoms with Gasteiger partial charge < -0.3 is 10.0 Å². The van der Waals surface area contributed by atoms with Gasteiger partial charge in [-0.1, -0.05) is 12.8 Å². The molecule has 6 nitrogen and oxygen atoms in total. The predicted octanol–water partition coefficient (Wildman–Crippen LogP) is 1.13. The van der Waals surface area contributed by atoms with E-state index in [-0.39, 0.29) is 17.2 Å². The SMILES string of the molecule is Cn1cc(C(=O)N2CCCCCC2)c(C(=O)O)n1. The summed E-state index contributed by atoms with van der Waals surface area (Å²) in [6, 6.07) is 0. The second-order valence-corrected chi connectivity index (χ2v) is 4.58. The highest BCUT2D eigenvalue weighted by atomic mass is 16.4. The number of aryl methyl sites for hydroxylation is 1. The number of carboxylic acid groups (broad SMARTS) is 1. The van der Waals surface area contributed by atoms with E-state index < -0.39 is 5.97 Å². The quantitative estimate of drug-likeness (QED) is 0.855. The van der Waals surface area contributed by atoms with Gasteiger partial charge in [-0.25, -0.2) is 4.79 Å². The maximum absolute atomic E-state index is 12.3. The maximum Gasteiger partial charge on any atom is 0.357 e. The van der Waals surface area contributed by atoms with Crippen LogP contribution in [0, 0.1) is 0 Å². The summed E-state index contributed by atoms with van der Waals surface area (Å²) >= 11 is 0. The molecule has 0 spiro atoms. The highest BCUT2D eigenvalue weighted by Crippen LogP contribution is 2.15. The van der Waals surface area contributed by atoms with Gasteiger partial charge in [0.1, 0.15) is 0 Å². The van der Waals surface area contributed by atoms with Crippen molar-refractivity contribution in [1.82, 2.24) is 14.7 Å². The van der Waals surface area contributed by atoms with E-state index in [2.05, 4.69) is 5.10 Å². The summed E-state index contributed by atoms with van der Waals surface area (Å²) in [6.07, 6.45) is 5.70. The Morgan fingerprint density at radius 3 is 2.39 bits per heavy atom. The predicted molar refractivity (Wildman–Crippen MR) is 64.5 cm³/mol. The van der Waals surface area contributed by atoms with Crippen LogP contribution in [0.1, 0.15) is 46.5 Å². The first-order valence-electron chi connectivity index (χ1n) is 6.16. The molecule has 0 radical (unpaired) electrons. The van der Waals surface area contributed by atoms with Gasteiger partial charge in [0.15, 0.2) is 5.69 Å². The van der Waals surface area contributed by atoms with Crippen molar-refractivity contribution in [2.45, 2.75) is 25.7 Å². The number of hydrogen-bond acceptors (Lipinski definition) is 3. The molecule has 1 amide bonds. The van der Waals surface area contributed by atoms with Crippen LogP contribution in [0.25, 0.3) is 0 Å². The molecule has 0 aromatic carbocycles. The van der Waals surface area contributed by atoms with E-state index in [0.717, 1.165) is 25.7 Å². The standard InChI is InChI=1S/C12H17N3O3/c1-14-8-9(10(13-14)12(17)18)11(16)15-6-4-2-3-5-7-15/h8H,2-7H2,1H3,(H,17,18). The second-order valence-electron chi connectivity index (χ2n) is 4.58. The average Bonchev–Trinajstić information content (AvgIpc) is 2.56. The number of carbonyl (C=O) groups excluding carboxylic acids is 1. The van der Waals surface area contributed by atoms with E-state index in [9.17, 15) is 9.59 Å². The zero-order chi connectivity index (χ0) is 13.1. The Morgan fingerprint density at radius 2 is 1.83 bits per heavy atom. The fourth-order valence-electron chi connectivity index (χ4n) is 2.25. The molecule has 0 aliphatic carbocycles. The van der Waals surface area contributed by atoms with Crippen LogP contribution < -0.4 is 0 Å². The van der Waals surface area contributed by atoms with Gasteiger partial charge in [0, 0.05) is 26.3 Å². The van der Waals surface area contributed by atoms with E-state index in [4.69, 9.17) is 5.11 Å². The van der Waals surface area contributed by atoms with Crippen LogP contribution in [0.5, 0.6) is 0 Å². The highest BCUT2D eigenvalue weighted by molar-refractivity contribution is 6.03. The summed E-state index contributed by atoms with van der Waals surface area (Å²) in [4.78, 5) is 25.1. The molecule has 1 aliphatic heterocycles. The minimum atomic E-state index is -1.16. The first-order valence-corrected chi connectivity index (χ1v) is 6.16. The second kappa shape index (κ2) is 5.20. The normalized spacial score (nSPS) is 16.4. The van der Waals surface area contributed by atoms with Crippen molar-refractivity contribution in [3.63, 3.8) is 0 Å². The van der Waals surface area contributed by atoms with Crippen molar-refractivity contribution in [3.8, 4) is 0 Å². The number of carbonyl (C=O) groups is 2. The average molecular weight is 251 g/mol. The highest BCUT2D eigenvalue weighted by Gasteiger charge is 2.25. The van der Waals surface area contributed by atoms with Gasteiger partial charge in [-0.15, -0.1) is 0 Å². The van der Waals surface area contributed by atoms with Crippen molar-refractivity contribution in [3.05, 3.63) is 17.5 Å². The van der Waals surface area contributed by atoms with Crippen molar-refractivity contribution in [2.24, 2.45) is 7.05 Å². The van der Waals surface area contributed by atoms with E-state index in [1.807, 2.05) is 0 Å². The summed E-state index contributed by atoms with van der Waals surface area (Å²) in [5, 5.41) is 12.9. The van der Waals surface area contributed by atoms with Crippen LogP contribution >= 0.6 is 0 Å². The van der Waals surface area contributed by atoms with Gasteiger partial charge in [0.05, 0.1) is 5.56 Å². The van der Waals surface area contributed by atoms with Crippen molar-refractivity contribution >= 4 is 11.9 Å². The molecule has 1 aromatic rings. The van der Waals surface area contributed by atoms with Crippen LogP contribution in [0.3, 0.4) is 0 Å². The molecule has 6 heteroatoms. The zero-order valence-electron chi connectivity index (χ0n) is 10.4. The van der Waals surface area contributed by atoms with E-state index in [0.29, 0.717) is 13.1 Å². The molecule has 1 N–H and O–H groups in total. The molecular formula is C12H17N3O3. The summed E-state index contributed by atoms with van der Waals surface area (Å²) in [5.74, 6) is -1.38. The molecule has 1 aliphatic rings. The van der Waals surface area contributed by atoms with Gasteiger partial charge >= 0.3 is 5.97 Å². The molecule has 98 valence electrons. The minimum Gasteiger partial charge on any atom is -0.476 e. The number of hydrogen-bond donors (Lipinski definition) is 1. The number of amides is 1. The Labute approximate surface area is 105 Å². The molecule has 1 fully saturated rings. The number of aromatic carboxylic acids is 1. The Hall–Kier alpha value is -1.85. The lowest BCUT2D eigenvalue weighted by Crippen LogP contribution is -2.32. The Kier molecular flexibility index (Phi) is 3.64. The van der Waals surface area contributed by atoms with Gasteiger partial charge in [-0.2, -0.15) is 5.10 Å². The summed E-state index contributed by atoms with van der Waals surface area (Å²) < 4.78 is 1.37. The molecule has 1 saturated heterocycles. The van der Waals surface area contributed by atoms with E-state index in [1.165, 1.54) is 10.9 Å². The lowest BCUT2D eigenvalue weighted by atomic mass is 10.2. The molecular weight excluding hydrogens is 234 g/mol. The third kappa shape index (κ3) is 2.52. The van der Waals surface area contributed by atoms with Crippen LogP contribution in [0.15, 0.2) is 6.20 Å². The summed E-state index contributed by atoms with van der Waals surface area (Å²) in [7, 11) is 1.62. The van der Waals surface area contributed by atoms with Crippen molar-refractivity contribution in [1.29, 1.82) is 0 Å². The summed E-state index contributed by atoms with van der Waals surface area (Å²) in [5.41, 5.74) is 0.0265. The molecule has 2 heterocycles. The molecule has 1 aromatic heterocycles. The summed E-state index contributed by atoms with van der Waals surface area (Å²) in [6.45, 7) is 1.40. The van der Waals surface area contributed by atoms with Crippen molar-refractivity contribution in [2.75, 3.05) is 13.1 Å².